The molecule has 0 aliphatic heterocycles. The minimum atomic E-state index is -0.861. The molecule has 7 heteroatoms. The first-order valence-corrected chi connectivity index (χ1v) is 9.04. The number of amides is 1. The lowest BCUT2D eigenvalue weighted by atomic mass is 10.2. The van der Waals surface area contributed by atoms with Gasteiger partial charge in [-0.15, -0.1) is 11.3 Å². The number of carboxylic acid groups (broad SMARTS) is 1. The van der Waals surface area contributed by atoms with E-state index >= 15 is 0 Å². The number of thiazole rings is 1. The molecule has 6 nitrogen and oxygen atoms in total. The summed E-state index contributed by atoms with van der Waals surface area (Å²) in [5.41, 5.74) is 1.69. The summed E-state index contributed by atoms with van der Waals surface area (Å²) in [4.78, 5) is 27.1. The third-order valence-electron chi connectivity index (χ3n) is 3.50. The van der Waals surface area contributed by atoms with E-state index in [1.54, 1.807) is 6.92 Å². The first-order chi connectivity index (χ1) is 12.0. The lowest BCUT2D eigenvalue weighted by Gasteiger charge is -2.11. The van der Waals surface area contributed by atoms with Crippen LogP contribution in [0.3, 0.4) is 0 Å². The average molecular weight is 362 g/mol. The van der Waals surface area contributed by atoms with Gasteiger partial charge in [0, 0.05) is 23.4 Å². The van der Waals surface area contributed by atoms with Gasteiger partial charge >= 0.3 is 5.97 Å². The number of carbonyl (C=O) groups is 2. The normalized spacial score (nSPS) is 11.8. The van der Waals surface area contributed by atoms with Gasteiger partial charge in [0.25, 0.3) is 0 Å². The summed E-state index contributed by atoms with van der Waals surface area (Å²) < 4.78 is 5.42. The SMILES string of the molecule is CCOc1ccc(-c2nc(CC(=O)NC(C)CCC(=O)O)cs2)cc1. The summed E-state index contributed by atoms with van der Waals surface area (Å²) in [6, 6.07) is 7.52. The van der Waals surface area contributed by atoms with Crippen molar-refractivity contribution in [2.75, 3.05) is 6.61 Å². The van der Waals surface area contributed by atoms with E-state index in [1.165, 1.54) is 11.3 Å². The summed E-state index contributed by atoms with van der Waals surface area (Å²) in [5, 5.41) is 14.2. The van der Waals surface area contributed by atoms with E-state index in [1.807, 2.05) is 36.6 Å². The number of hydrogen-bond acceptors (Lipinski definition) is 5. The van der Waals surface area contributed by atoms with Crippen LogP contribution in [0.25, 0.3) is 10.6 Å². The number of benzene rings is 1. The molecule has 25 heavy (non-hydrogen) atoms. The van der Waals surface area contributed by atoms with E-state index in [-0.39, 0.29) is 24.8 Å². The van der Waals surface area contributed by atoms with Crippen LogP contribution in [0.4, 0.5) is 0 Å². The summed E-state index contributed by atoms with van der Waals surface area (Å²) in [6.45, 7) is 4.36. The Kier molecular flexibility index (Phi) is 6.94. The molecule has 2 aromatic rings. The first kappa shape index (κ1) is 18.9. The molecular formula is C18H22N2O4S. The van der Waals surface area contributed by atoms with E-state index in [0.717, 1.165) is 16.3 Å². The monoisotopic (exact) mass is 362 g/mol. The molecule has 134 valence electrons. The fourth-order valence-electron chi connectivity index (χ4n) is 2.28. The zero-order chi connectivity index (χ0) is 18.2. The zero-order valence-electron chi connectivity index (χ0n) is 14.3. The zero-order valence-corrected chi connectivity index (χ0v) is 15.1. The molecule has 1 unspecified atom stereocenters. The number of hydrogen-bond donors (Lipinski definition) is 2. The minimum Gasteiger partial charge on any atom is -0.494 e. The number of carboxylic acids is 1. The van der Waals surface area contributed by atoms with Gasteiger partial charge in [-0.25, -0.2) is 4.98 Å². The predicted octanol–water partition coefficient (Wildman–Crippen LogP) is 3.12. The van der Waals surface area contributed by atoms with Gasteiger partial charge in [0.15, 0.2) is 0 Å². The summed E-state index contributed by atoms with van der Waals surface area (Å²) in [7, 11) is 0. The van der Waals surface area contributed by atoms with Crippen molar-refractivity contribution in [2.24, 2.45) is 0 Å². The lowest BCUT2D eigenvalue weighted by Crippen LogP contribution is -2.34. The van der Waals surface area contributed by atoms with Crippen LogP contribution in [0.5, 0.6) is 5.75 Å². The quantitative estimate of drug-likeness (QED) is 0.715. The topological polar surface area (TPSA) is 88.5 Å². The molecular weight excluding hydrogens is 340 g/mol. The largest absolute Gasteiger partial charge is 0.494 e. The maximum atomic E-state index is 12.0. The Morgan fingerprint density at radius 3 is 2.68 bits per heavy atom. The van der Waals surface area contributed by atoms with Gasteiger partial charge in [0.1, 0.15) is 10.8 Å². The van der Waals surface area contributed by atoms with Crippen LogP contribution in [-0.2, 0) is 16.0 Å². The van der Waals surface area contributed by atoms with Crippen LogP contribution in [-0.4, -0.2) is 34.6 Å². The summed E-state index contributed by atoms with van der Waals surface area (Å²) in [6.07, 6.45) is 0.639. The first-order valence-electron chi connectivity index (χ1n) is 8.16. The average Bonchev–Trinajstić information content (AvgIpc) is 3.02. The lowest BCUT2D eigenvalue weighted by molar-refractivity contribution is -0.137. The van der Waals surface area contributed by atoms with Gasteiger partial charge in [-0.3, -0.25) is 9.59 Å². The van der Waals surface area contributed by atoms with Gasteiger partial charge in [0.05, 0.1) is 18.7 Å². The molecule has 2 N–H and O–H groups in total. The van der Waals surface area contributed by atoms with Crippen molar-refractivity contribution in [3.63, 3.8) is 0 Å². The number of carbonyl (C=O) groups excluding carboxylic acids is 1. The standard InChI is InChI=1S/C18H22N2O4S/c1-3-24-15-7-5-13(6-8-15)18-20-14(11-25-18)10-16(21)19-12(2)4-9-17(22)23/h5-8,11-12H,3-4,9-10H2,1-2H3,(H,19,21)(H,22,23). The molecule has 1 atom stereocenters. The van der Waals surface area contributed by atoms with Crippen molar-refractivity contribution < 1.29 is 19.4 Å². The van der Waals surface area contributed by atoms with Crippen LogP contribution < -0.4 is 10.1 Å². The fourth-order valence-corrected chi connectivity index (χ4v) is 3.11. The molecule has 0 saturated carbocycles. The Morgan fingerprint density at radius 1 is 1.32 bits per heavy atom. The molecule has 1 heterocycles. The Hall–Kier alpha value is -2.41. The second-order valence-electron chi connectivity index (χ2n) is 5.68. The highest BCUT2D eigenvalue weighted by atomic mass is 32.1. The van der Waals surface area contributed by atoms with Crippen molar-refractivity contribution in [3.05, 3.63) is 35.3 Å². The third kappa shape index (κ3) is 6.19. The number of nitrogens with zero attached hydrogens (tertiary/aromatic N) is 1. The molecule has 0 saturated heterocycles. The van der Waals surface area contributed by atoms with Gasteiger partial charge in [-0.1, -0.05) is 0 Å². The van der Waals surface area contributed by atoms with Gasteiger partial charge in [0.2, 0.25) is 5.91 Å². The summed E-state index contributed by atoms with van der Waals surface area (Å²) in [5.74, 6) is -0.195. The number of nitrogens with one attached hydrogen (secondary N) is 1. The predicted molar refractivity (Wildman–Crippen MR) is 96.9 cm³/mol. The van der Waals surface area contributed by atoms with Crippen molar-refractivity contribution in [1.82, 2.24) is 10.3 Å². The molecule has 1 amide bonds. The molecule has 2 rings (SSSR count). The van der Waals surface area contributed by atoms with Crippen molar-refractivity contribution in [1.29, 1.82) is 0 Å². The maximum Gasteiger partial charge on any atom is 0.303 e. The number of ether oxygens (including phenoxy) is 1. The Bertz CT molecular complexity index is 712. The van der Waals surface area contributed by atoms with Gasteiger partial charge < -0.3 is 15.2 Å². The van der Waals surface area contributed by atoms with Crippen LogP contribution in [0.1, 0.15) is 32.4 Å². The van der Waals surface area contributed by atoms with Gasteiger partial charge in [-0.05, 0) is 44.5 Å². The number of aromatic nitrogens is 1. The second-order valence-corrected chi connectivity index (χ2v) is 6.54. The smallest absolute Gasteiger partial charge is 0.303 e. The highest BCUT2D eigenvalue weighted by Gasteiger charge is 2.12. The van der Waals surface area contributed by atoms with Crippen molar-refractivity contribution in [2.45, 2.75) is 39.2 Å². The van der Waals surface area contributed by atoms with Crippen molar-refractivity contribution in [3.8, 4) is 16.3 Å². The van der Waals surface area contributed by atoms with E-state index < -0.39 is 5.97 Å². The molecule has 1 aromatic carbocycles. The minimum absolute atomic E-state index is 0.0417. The molecule has 0 aliphatic rings. The fraction of sp³-hybridized carbons (Fsp3) is 0.389. The maximum absolute atomic E-state index is 12.0. The van der Waals surface area contributed by atoms with E-state index in [9.17, 15) is 9.59 Å². The van der Waals surface area contributed by atoms with E-state index in [4.69, 9.17) is 9.84 Å². The molecule has 0 fully saturated rings. The summed E-state index contributed by atoms with van der Waals surface area (Å²) >= 11 is 1.49. The van der Waals surface area contributed by atoms with Crippen LogP contribution in [0.15, 0.2) is 29.6 Å². The molecule has 0 bridgehead atoms. The van der Waals surface area contributed by atoms with Crippen LogP contribution in [0, 0.1) is 0 Å². The van der Waals surface area contributed by atoms with Crippen LogP contribution in [0.2, 0.25) is 0 Å². The van der Waals surface area contributed by atoms with Crippen molar-refractivity contribution >= 4 is 23.2 Å². The van der Waals surface area contributed by atoms with Crippen LogP contribution >= 0.6 is 11.3 Å². The molecule has 1 aromatic heterocycles. The highest BCUT2D eigenvalue weighted by molar-refractivity contribution is 7.13. The van der Waals surface area contributed by atoms with E-state index in [2.05, 4.69) is 10.3 Å². The Labute approximate surface area is 150 Å². The Balaban J connectivity index is 1.90. The molecule has 0 aliphatic carbocycles. The third-order valence-corrected chi connectivity index (χ3v) is 4.44. The highest BCUT2D eigenvalue weighted by Crippen LogP contribution is 2.26. The number of aliphatic carboxylic acids is 1. The second kappa shape index (κ2) is 9.17. The van der Waals surface area contributed by atoms with E-state index in [0.29, 0.717) is 18.7 Å². The molecule has 0 spiro atoms. The molecule has 0 radical (unpaired) electrons. The van der Waals surface area contributed by atoms with Gasteiger partial charge in [-0.2, -0.15) is 0 Å². The Morgan fingerprint density at radius 2 is 2.04 bits per heavy atom. The number of rotatable bonds is 9.